The Hall–Kier alpha value is -4.01. The van der Waals surface area contributed by atoms with Gasteiger partial charge in [0.25, 0.3) is 11.7 Å². The Morgan fingerprint density at radius 1 is 1.03 bits per heavy atom. The molecule has 0 radical (unpaired) electrons. The smallest absolute Gasteiger partial charge is 0.379 e. The maximum absolute atomic E-state index is 12.6. The Morgan fingerprint density at radius 2 is 1.68 bits per heavy atom. The van der Waals surface area contributed by atoms with E-state index >= 15 is 0 Å². The van der Waals surface area contributed by atoms with Crippen molar-refractivity contribution in [1.29, 1.82) is 0 Å². The number of carbonyl (C=O) groups excluding carboxylic acids is 3. The molecule has 1 atom stereocenters. The van der Waals surface area contributed by atoms with Gasteiger partial charge in [0, 0.05) is 11.6 Å². The summed E-state index contributed by atoms with van der Waals surface area (Å²) in [5, 5.41) is 9.09. The van der Waals surface area contributed by atoms with Crippen LogP contribution in [0.5, 0.6) is 0 Å². The van der Waals surface area contributed by atoms with Crippen molar-refractivity contribution in [1.82, 2.24) is 25.4 Å². The fourth-order valence-electron chi connectivity index (χ4n) is 2.85. The van der Waals surface area contributed by atoms with E-state index in [1.165, 1.54) is 6.92 Å². The van der Waals surface area contributed by atoms with Gasteiger partial charge in [0.1, 0.15) is 0 Å². The zero-order chi connectivity index (χ0) is 21.8. The van der Waals surface area contributed by atoms with Crippen LogP contribution in [0.15, 0.2) is 60.7 Å². The monoisotopic (exact) mass is 419 g/mol. The minimum Gasteiger partial charge on any atom is -0.447 e. The third-order valence-corrected chi connectivity index (χ3v) is 4.62. The Labute approximate surface area is 178 Å². The molecule has 0 unspecified atom stereocenters. The fourth-order valence-corrected chi connectivity index (χ4v) is 2.85. The van der Waals surface area contributed by atoms with Crippen molar-refractivity contribution in [3.8, 4) is 17.1 Å². The van der Waals surface area contributed by atoms with Crippen molar-refractivity contribution in [2.75, 3.05) is 0 Å². The largest absolute Gasteiger partial charge is 0.447 e. The molecule has 158 valence electrons. The first-order valence-corrected chi connectivity index (χ1v) is 9.91. The predicted octanol–water partition coefficient (Wildman–Crippen LogP) is 2.47. The number of benzene rings is 2. The summed E-state index contributed by atoms with van der Waals surface area (Å²) in [6.45, 7) is 1.38. The number of ether oxygens (including phenoxy) is 1. The first-order chi connectivity index (χ1) is 15.0. The molecule has 31 heavy (non-hydrogen) atoms. The molecule has 3 amide bonds. The normalized spacial score (nSPS) is 13.8. The number of rotatable bonds is 6. The van der Waals surface area contributed by atoms with E-state index in [0.29, 0.717) is 5.82 Å². The summed E-state index contributed by atoms with van der Waals surface area (Å²) in [6.07, 6.45) is 0.596. The highest BCUT2D eigenvalue weighted by molar-refractivity contribution is 5.98. The molecule has 1 aliphatic rings. The van der Waals surface area contributed by atoms with E-state index in [-0.39, 0.29) is 11.9 Å². The summed E-state index contributed by atoms with van der Waals surface area (Å²) in [6, 6.07) is 18.1. The molecule has 2 N–H and O–H groups in total. The summed E-state index contributed by atoms with van der Waals surface area (Å²) >= 11 is 0. The molecule has 1 saturated carbocycles. The van der Waals surface area contributed by atoms with E-state index in [9.17, 15) is 14.4 Å². The van der Waals surface area contributed by atoms with E-state index in [4.69, 9.17) is 4.74 Å². The first-order valence-electron chi connectivity index (χ1n) is 9.91. The van der Waals surface area contributed by atoms with Gasteiger partial charge in [0.2, 0.25) is 0 Å². The molecule has 1 fully saturated rings. The average molecular weight is 419 g/mol. The molecule has 9 nitrogen and oxygen atoms in total. The lowest BCUT2D eigenvalue weighted by atomic mass is 10.2. The minimum atomic E-state index is -1.19. The van der Waals surface area contributed by atoms with Crippen LogP contribution >= 0.6 is 0 Å². The number of urea groups is 1. The lowest BCUT2D eigenvalue weighted by Crippen LogP contribution is -2.45. The number of para-hydroxylation sites is 1. The van der Waals surface area contributed by atoms with Gasteiger partial charge in [-0.3, -0.25) is 10.1 Å². The standard InChI is InChI=1S/C22H21N5O4/c1-14(20(28)25-22(30)23-16-12-13-16)31-21(29)18-24-19(15-8-4-2-5-9-15)27(26-18)17-10-6-3-7-11-17/h2-11,14,16H,12-13H2,1H3,(H2,23,25,28,30)/t14-/m0/s1. The molecule has 3 aromatic rings. The van der Waals surface area contributed by atoms with E-state index in [1.807, 2.05) is 60.7 Å². The SMILES string of the molecule is C[C@H](OC(=O)c1nc(-c2ccccc2)n(-c2ccccc2)n1)C(=O)NC(=O)NC1CC1. The molecular weight excluding hydrogens is 398 g/mol. The number of nitrogens with zero attached hydrogens (tertiary/aromatic N) is 3. The highest BCUT2D eigenvalue weighted by atomic mass is 16.5. The van der Waals surface area contributed by atoms with Crippen LogP contribution in [0.2, 0.25) is 0 Å². The molecule has 1 aliphatic carbocycles. The Balaban J connectivity index is 1.52. The minimum absolute atomic E-state index is 0.105. The summed E-state index contributed by atoms with van der Waals surface area (Å²) in [4.78, 5) is 40.8. The maximum Gasteiger partial charge on any atom is 0.379 e. The molecule has 9 heteroatoms. The van der Waals surface area contributed by atoms with Crippen LogP contribution in [-0.4, -0.2) is 44.8 Å². The molecule has 1 aromatic heterocycles. The highest BCUT2D eigenvalue weighted by Crippen LogP contribution is 2.21. The van der Waals surface area contributed by atoms with E-state index in [2.05, 4.69) is 20.7 Å². The van der Waals surface area contributed by atoms with Gasteiger partial charge in [0.15, 0.2) is 11.9 Å². The zero-order valence-corrected chi connectivity index (χ0v) is 16.8. The number of nitrogens with one attached hydrogen (secondary N) is 2. The van der Waals surface area contributed by atoms with Crippen LogP contribution in [0.4, 0.5) is 4.79 Å². The summed E-state index contributed by atoms with van der Waals surface area (Å²) in [5.41, 5.74) is 1.48. The number of hydrogen-bond acceptors (Lipinski definition) is 6. The van der Waals surface area contributed by atoms with Crippen LogP contribution in [0, 0.1) is 0 Å². The second kappa shape index (κ2) is 8.78. The third-order valence-electron chi connectivity index (χ3n) is 4.62. The van der Waals surface area contributed by atoms with Crippen LogP contribution in [0.1, 0.15) is 30.4 Å². The number of hydrogen-bond donors (Lipinski definition) is 2. The molecular formula is C22H21N5O4. The molecule has 0 bridgehead atoms. The fraction of sp³-hybridized carbons (Fsp3) is 0.227. The van der Waals surface area contributed by atoms with Gasteiger partial charge in [-0.15, -0.1) is 5.10 Å². The Kier molecular flexibility index (Phi) is 5.74. The zero-order valence-electron chi connectivity index (χ0n) is 16.8. The van der Waals surface area contributed by atoms with Gasteiger partial charge in [-0.2, -0.15) is 0 Å². The maximum atomic E-state index is 12.6. The van der Waals surface area contributed by atoms with Gasteiger partial charge in [-0.1, -0.05) is 48.5 Å². The number of carbonyl (C=O) groups is 3. The Bertz CT molecular complexity index is 1040. The van der Waals surface area contributed by atoms with Crippen LogP contribution in [-0.2, 0) is 9.53 Å². The van der Waals surface area contributed by atoms with Crippen molar-refractivity contribution in [3.63, 3.8) is 0 Å². The van der Waals surface area contributed by atoms with Crippen LogP contribution in [0.25, 0.3) is 17.1 Å². The number of aromatic nitrogens is 3. The van der Waals surface area contributed by atoms with Crippen molar-refractivity contribution >= 4 is 17.9 Å². The summed E-state index contributed by atoms with van der Waals surface area (Å²) < 4.78 is 6.73. The molecule has 1 heterocycles. The van der Waals surface area contributed by atoms with Gasteiger partial charge in [-0.05, 0) is 31.9 Å². The van der Waals surface area contributed by atoms with Crippen molar-refractivity contribution < 1.29 is 19.1 Å². The second-order valence-corrected chi connectivity index (χ2v) is 7.16. The Morgan fingerprint density at radius 3 is 2.32 bits per heavy atom. The van der Waals surface area contributed by atoms with Gasteiger partial charge < -0.3 is 10.1 Å². The van der Waals surface area contributed by atoms with Crippen molar-refractivity contribution in [2.45, 2.75) is 31.9 Å². The second-order valence-electron chi connectivity index (χ2n) is 7.16. The molecule has 0 spiro atoms. The third kappa shape index (κ3) is 4.95. The topological polar surface area (TPSA) is 115 Å². The first kappa shape index (κ1) is 20.3. The van der Waals surface area contributed by atoms with E-state index < -0.39 is 24.0 Å². The number of amides is 3. The van der Waals surface area contributed by atoms with Gasteiger partial charge in [0.05, 0.1) is 5.69 Å². The number of esters is 1. The predicted molar refractivity (Wildman–Crippen MR) is 111 cm³/mol. The quantitative estimate of drug-likeness (QED) is 0.593. The van der Waals surface area contributed by atoms with Crippen LogP contribution < -0.4 is 10.6 Å². The lowest BCUT2D eigenvalue weighted by Gasteiger charge is -2.12. The van der Waals surface area contributed by atoms with E-state index in [1.54, 1.807) is 4.68 Å². The lowest BCUT2D eigenvalue weighted by molar-refractivity contribution is -0.127. The molecule has 2 aromatic carbocycles. The average Bonchev–Trinajstić information content (AvgIpc) is 3.47. The van der Waals surface area contributed by atoms with Crippen LogP contribution in [0.3, 0.4) is 0 Å². The molecule has 4 rings (SSSR count). The molecule has 0 aliphatic heterocycles. The molecule has 0 saturated heterocycles. The van der Waals surface area contributed by atoms with E-state index in [0.717, 1.165) is 24.1 Å². The highest BCUT2D eigenvalue weighted by Gasteiger charge is 2.27. The summed E-state index contributed by atoms with van der Waals surface area (Å²) in [7, 11) is 0. The summed E-state index contributed by atoms with van der Waals surface area (Å²) in [5.74, 6) is -1.32. The van der Waals surface area contributed by atoms with Crippen molar-refractivity contribution in [3.05, 3.63) is 66.5 Å². The van der Waals surface area contributed by atoms with Crippen molar-refractivity contribution in [2.24, 2.45) is 0 Å². The van der Waals surface area contributed by atoms with Gasteiger partial charge in [-0.25, -0.2) is 19.3 Å². The van der Waals surface area contributed by atoms with Gasteiger partial charge >= 0.3 is 12.0 Å². The number of imide groups is 1.